The number of pyridine rings is 1. The van der Waals surface area contributed by atoms with Crippen LogP contribution in [0.25, 0.3) is 0 Å². The van der Waals surface area contributed by atoms with Crippen molar-refractivity contribution in [1.82, 2.24) is 9.29 Å². The molecule has 0 radical (unpaired) electrons. The summed E-state index contributed by atoms with van der Waals surface area (Å²) in [5.74, 6) is -0.379. The molecule has 0 bridgehead atoms. The Labute approximate surface area is 170 Å². The Balaban J connectivity index is 1.50. The minimum absolute atomic E-state index is 0.187. The first-order chi connectivity index (χ1) is 14.0. The number of nitrogens with one attached hydrogen (secondary N) is 1. The van der Waals surface area contributed by atoms with Gasteiger partial charge in [0.05, 0.1) is 18.1 Å². The van der Waals surface area contributed by atoms with Crippen LogP contribution in [0.5, 0.6) is 0 Å². The number of ether oxygens (including phenoxy) is 1. The van der Waals surface area contributed by atoms with Gasteiger partial charge >= 0.3 is 0 Å². The van der Waals surface area contributed by atoms with Crippen LogP contribution in [0.2, 0.25) is 0 Å². The lowest BCUT2D eigenvalue weighted by atomic mass is 10.2. The van der Waals surface area contributed by atoms with Gasteiger partial charge in [0.2, 0.25) is 10.0 Å². The molecule has 0 saturated carbocycles. The zero-order chi connectivity index (χ0) is 20.3. The molecule has 1 amide bonds. The molecule has 2 fully saturated rings. The van der Waals surface area contributed by atoms with Crippen LogP contribution in [-0.4, -0.2) is 63.0 Å². The number of anilines is 2. The Bertz CT molecular complexity index is 983. The third-order valence-corrected chi connectivity index (χ3v) is 7.04. The highest BCUT2D eigenvalue weighted by atomic mass is 32.2. The minimum Gasteiger partial charge on any atom is -0.378 e. The molecule has 154 valence electrons. The Morgan fingerprint density at radius 2 is 1.79 bits per heavy atom. The van der Waals surface area contributed by atoms with Crippen LogP contribution in [-0.2, 0) is 14.8 Å². The highest BCUT2D eigenvalue weighted by Crippen LogP contribution is 2.23. The number of amides is 1. The maximum Gasteiger partial charge on any atom is 0.274 e. The molecule has 0 spiro atoms. The van der Waals surface area contributed by atoms with Crippen molar-refractivity contribution in [3.05, 3.63) is 48.3 Å². The number of nitrogens with zero attached hydrogens (tertiary/aromatic N) is 3. The molecule has 2 aliphatic rings. The van der Waals surface area contributed by atoms with Crippen LogP contribution in [0.4, 0.5) is 11.4 Å². The molecule has 3 heterocycles. The van der Waals surface area contributed by atoms with Crippen molar-refractivity contribution in [2.45, 2.75) is 17.7 Å². The zero-order valence-electron chi connectivity index (χ0n) is 16.1. The molecule has 0 aliphatic carbocycles. The van der Waals surface area contributed by atoms with Gasteiger partial charge in [0.15, 0.2) is 0 Å². The highest BCUT2D eigenvalue weighted by molar-refractivity contribution is 7.89. The smallest absolute Gasteiger partial charge is 0.274 e. The fraction of sp³-hybridized carbons (Fsp3) is 0.400. The molecule has 0 unspecified atom stereocenters. The van der Waals surface area contributed by atoms with Gasteiger partial charge in [0, 0.05) is 43.8 Å². The Morgan fingerprint density at radius 3 is 2.55 bits per heavy atom. The van der Waals surface area contributed by atoms with Crippen molar-refractivity contribution in [2.75, 3.05) is 49.6 Å². The van der Waals surface area contributed by atoms with E-state index in [1.807, 2.05) is 6.07 Å². The van der Waals surface area contributed by atoms with Gasteiger partial charge in [-0.1, -0.05) is 6.07 Å². The van der Waals surface area contributed by atoms with E-state index in [9.17, 15) is 13.2 Å². The van der Waals surface area contributed by atoms with E-state index >= 15 is 0 Å². The van der Waals surface area contributed by atoms with Gasteiger partial charge in [-0.15, -0.1) is 0 Å². The number of carbonyl (C=O) groups is 1. The molecule has 29 heavy (non-hydrogen) atoms. The summed E-state index contributed by atoms with van der Waals surface area (Å²) in [6.45, 7) is 3.92. The normalized spacial score (nSPS) is 18.0. The van der Waals surface area contributed by atoms with Gasteiger partial charge < -0.3 is 15.0 Å². The molecule has 0 atom stereocenters. The topological polar surface area (TPSA) is 91.8 Å². The second kappa shape index (κ2) is 8.48. The lowest BCUT2D eigenvalue weighted by Crippen LogP contribution is -2.36. The van der Waals surface area contributed by atoms with Crippen molar-refractivity contribution >= 4 is 27.3 Å². The van der Waals surface area contributed by atoms with Gasteiger partial charge in [0.25, 0.3) is 5.91 Å². The number of morpholine rings is 1. The number of sulfonamides is 1. The van der Waals surface area contributed by atoms with Crippen LogP contribution in [0.3, 0.4) is 0 Å². The SMILES string of the molecule is O=C(Nc1cccc(S(=O)(=O)N2CCCC2)c1)c1cc(N2CCOCC2)ccn1. The number of hydrogen-bond acceptors (Lipinski definition) is 6. The molecule has 1 N–H and O–H groups in total. The summed E-state index contributed by atoms with van der Waals surface area (Å²) >= 11 is 0. The molecule has 1 aromatic heterocycles. The molecule has 9 heteroatoms. The molecule has 1 aromatic carbocycles. The second-order valence-electron chi connectivity index (χ2n) is 7.09. The Hall–Kier alpha value is -2.49. The quantitative estimate of drug-likeness (QED) is 0.801. The van der Waals surface area contributed by atoms with E-state index in [0.29, 0.717) is 32.0 Å². The summed E-state index contributed by atoms with van der Waals surface area (Å²) in [7, 11) is -3.53. The fourth-order valence-electron chi connectivity index (χ4n) is 3.57. The monoisotopic (exact) mass is 416 g/mol. The number of benzene rings is 1. The highest BCUT2D eigenvalue weighted by Gasteiger charge is 2.27. The molecule has 2 aliphatic heterocycles. The van der Waals surface area contributed by atoms with E-state index in [1.54, 1.807) is 30.5 Å². The van der Waals surface area contributed by atoms with Crippen molar-refractivity contribution in [3.63, 3.8) is 0 Å². The molecule has 4 rings (SSSR count). The van der Waals surface area contributed by atoms with Crippen LogP contribution >= 0.6 is 0 Å². The summed E-state index contributed by atoms with van der Waals surface area (Å²) < 4.78 is 32.3. The van der Waals surface area contributed by atoms with Gasteiger partial charge in [-0.2, -0.15) is 4.31 Å². The molecular weight excluding hydrogens is 392 g/mol. The van der Waals surface area contributed by atoms with E-state index in [0.717, 1.165) is 31.6 Å². The molecule has 8 nitrogen and oxygen atoms in total. The summed E-state index contributed by atoms with van der Waals surface area (Å²) in [5.41, 5.74) is 1.62. The van der Waals surface area contributed by atoms with Crippen LogP contribution in [0.1, 0.15) is 23.3 Å². The van der Waals surface area contributed by atoms with Crippen LogP contribution in [0, 0.1) is 0 Å². The summed E-state index contributed by atoms with van der Waals surface area (Å²) in [5, 5.41) is 2.76. The number of carbonyl (C=O) groups excluding carboxylic acids is 1. The first-order valence-corrected chi connectivity index (χ1v) is 11.2. The molecular formula is C20H24N4O4S. The third kappa shape index (κ3) is 4.42. The van der Waals surface area contributed by atoms with Crippen molar-refractivity contribution in [2.24, 2.45) is 0 Å². The van der Waals surface area contributed by atoms with E-state index in [1.165, 1.54) is 10.4 Å². The predicted octanol–water partition coefficient (Wildman–Crippen LogP) is 1.95. The second-order valence-corrected chi connectivity index (χ2v) is 9.03. The first-order valence-electron chi connectivity index (χ1n) is 9.74. The zero-order valence-corrected chi connectivity index (χ0v) is 16.9. The number of aromatic nitrogens is 1. The first kappa shape index (κ1) is 19.8. The predicted molar refractivity (Wildman–Crippen MR) is 110 cm³/mol. The standard InChI is InChI=1S/C20H24N4O4S/c25-20(19-15-17(6-7-21-19)23-10-12-28-13-11-23)22-16-4-3-5-18(14-16)29(26,27)24-8-1-2-9-24/h3-7,14-15H,1-2,8-13H2,(H,22,25). The largest absolute Gasteiger partial charge is 0.378 e. The lowest BCUT2D eigenvalue weighted by Gasteiger charge is -2.28. The number of rotatable bonds is 5. The summed E-state index contributed by atoms with van der Waals surface area (Å²) in [4.78, 5) is 19.2. The van der Waals surface area contributed by atoms with E-state index < -0.39 is 10.0 Å². The average molecular weight is 417 g/mol. The summed E-state index contributed by atoms with van der Waals surface area (Å²) in [6, 6.07) is 9.97. The van der Waals surface area contributed by atoms with Crippen molar-refractivity contribution in [1.29, 1.82) is 0 Å². The molecule has 2 aromatic rings. The van der Waals surface area contributed by atoms with Crippen LogP contribution in [0.15, 0.2) is 47.5 Å². The van der Waals surface area contributed by atoms with Crippen LogP contribution < -0.4 is 10.2 Å². The van der Waals surface area contributed by atoms with Gasteiger partial charge in [0.1, 0.15) is 5.69 Å². The van der Waals surface area contributed by atoms with Crippen molar-refractivity contribution < 1.29 is 17.9 Å². The van der Waals surface area contributed by atoms with Gasteiger partial charge in [-0.3, -0.25) is 9.78 Å². The van der Waals surface area contributed by atoms with Gasteiger partial charge in [-0.05, 0) is 43.2 Å². The Morgan fingerprint density at radius 1 is 1.03 bits per heavy atom. The minimum atomic E-state index is -3.53. The van der Waals surface area contributed by atoms with E-state index in [-0.39, 0.29) is 16.5 Å². The number of hydrogen-bond donors (Lipinski definition) is 1. The average Bonchev–Trinajstić information content (AvgIpc) is 3.31. The van der Waals surface area contributed by atoms with Gasteiger partial charge in [-0.25, -0.2) is 8.42 Å². The maximum atomic E-state index is 12.7. The lowest BCUT2D eigenvalue weighted by molar-refractivity contribution is 0.102. The maximum absolute atomic E-state index is 12.7. The third-order valence-electron chi connectivity index (χ3n) is 5.15. The fourth-order valence-corrected chi connectivity index (χ4v) is 5.13. The Kier molecular flexibility index (Phi) is 5.79. The molecule has 2 saturated heterocycles. The van der Waals surface area contributed by atoms with E-state index in [4.69, 9.17) is 4.74 Å². The summed E-state index contributed by atoms with van der Waals surface area (Å²) in [6.07, 6.45) is 3.36. The van der Waals surface area contributed by atoms with E-state index in [2.05, 4.69) is 15.2 Å². The van der Waals surface area contributed by atoms with Crippen molar-refractivity contribution in [3.8, 4) is 0 Å².